The fourth-order valence-corrected chi connectivity index (χ4v) is 3.20. The summed E-state index contributed by atoms with van der Waals surface area (Å²) in [5.41, 5.74) is 2.41. The predicted octanol–water partition coefficient (Wildman–Crippen LogP) is 5.17. The van der Waals surface area contributed by atoms with Gasteiger partial charge in [0.25, 0.3) is 0 Å². The summed E-state index contributed by atoms with van der Waals surface area (Å²) >= 11 is 3.43. The van der Waals surface area contributed by atoms with Crippen LogP contribution in [0.15, 0.2) is 42.5 Å². The van der Waals surface area contributed by atoms with Crippen molar-refractivity contribution in [2.75, 3.05) is 7.11 Å². The van der Waals surface area contributed by atoms with Crippen LogP contribution < -0.4 is 0 Å². The lowest BCUT2D eigenvalue weighted by molar-refractivity contribution is 0.0542. The number of benzene rings is 2. The monoisotopic (exact) mass is 444 g/mol. The summed E-state index contributed by atoms with van der Waals surface area (Å²) in [4.78, 5) is 29.9. The van der Waals surface area contributed by atoms with Gasteiger partial charge in [-0.05, 0) is 44.5 Å². The second kappa shape index (κ2) is 7.75. The SMILES string of the molecule is COC(=O)c1ccccc1-c1nc2cc(CBr)ccc2n1C(=O)OC(C)(C)C. The number of carbonyl (C=O) groups is 2. The van der Waals surface area contributed by atoms with E-state index in [9.17, 15) is 9.59 Å². The van der Waals surface area contributed by atoms with Crippen molar-refractivity contribution in [2.45, 2.75) is 31.7 Å². The Labute approximate surface area is 171 Å². The minimum absolute atomic E-state index is 0.325. The molecule has 0 radical (unpaired) electrons. The average Bonchev–Trinajstić information content (AvgIpc) is 3.04. The molecule has 0 spiro atoms. The molecule has 0 amide bonds. The van der Waals surface area contributed by atoms with Gasteiger partial charge in [-0.1, -0.05) is 40.2 Å². The van der Waals surface area contributed by atoms with Crippen LogP contribution in [0.25, 0.3) is 22.4 Å². The van der Waals surface area contributed by atoms with E-state index >= 15 is 0 Å². The number of alkyl halides is 1. The molecule has 2 aromatic carbocycles. The smallest absolute Gasteiger partial charge is 0.420 e. The zero-order valence-electron chi connectivity index (χ0n) is 16.2. The number of methoxy groups -OCH3 is 1. The highest BCUT2D eigenvalue weighted by atomic mass is 79.9. The first-order valence-corrected chi connectivity index (χ1v) is 9.85. The number of carbonyl (C=O) groups excluding carboxylic acids is 2. The molecule has 0 atom stereocenters. The lowest BCUT2D eigenvalue weighted by atomic mass is 10.1. The van der Waals surface area contributed by atoms with Crippen molar-refractivity contribution in [2.24, 2.45) is 0 Å². The summed E-state index contributed by atoms with van der Waals surface area (Å²) in [6.07, 6.45) is -0.559. The van der Waals surface area contributed by atoms with Crippen LogP contribution in [-0.2, 0) is 14.8 Å². The number of hydrogen-bond donors (Lipinski definition) is 0. The van der Waals surface area contributed by atoms with Gasteiger partial charge < -0.3 is 9.47 Å². The highest BCUT2D eigenvalue weighted by molar-refractivity contribution is 9.08. The van der Waals surface area contributed by atoms with E-state index in [1.54, 1.807) is 45.0 Å². The van der Waals surface area contributed by atoms with Crippen LogP contribution in [0.1, 0.15) is 36.7 Å². The molecular formula is C21H21BrN2O4. The van der Waals surface area contributed by atoms with Crippen LogP contribution in [-0.4, -0.2) is 34.3 Å². The fourth-order valence-electron chi connectivity index (χ4n) is 2.85. The topological polar surface area (TPSA) is 70.4 Å². The Morgan fingerprint density at radius 3 is 2.50 bits per heavy atom. The first-order chi connectivity index (χ1) is 13.2. The van der Waals surface area contributed by atoms with Crippen molar-refractivity contribution in [3.8, 4) is 11.4 Å². The Morgan fingerprint density at radius 2 is 1.86 bits per heavy atom. The minimum atomic E-state index is -0.678. The maximum atomic E-state index is 13.0. The quantitative estimate of drug-likeness (QED) is 0.411. The van der Waals surface area contributed by atoms with Crippen molar-refractivity contribution in [1.29, 1.82) is 0 Å². The number of ether oxygens (including phenoxy) is 2. The average molecular weight is 445 g/mol. The maximum absolute atomic E-state index is 13.0. The summed E-state index contributed by atoms with van der Waals surface area (Å²) in [5.74, 6) is -0.170. The van der Waals surface area contributed by atoms with E-state index in [0.717, 1.165) is 5.56 Å². The normalized spacial score (nSPS) is 11.5. The molecule has 0 saturated carbocycles. The molecule has 146 valence electrons. The molecule has 28 heavy (non-hydrogen) atoms. The van der Waals surface area contributed by atoms with Crippen molar-refractivity contribution in [3.63, 3.8) is 0 Å². The highest BCUT2D eigenvalue weighted by Gasteiger charge is 2.26. The molecule has 3 rings (SSSR count). The molecule has 0 unspecified atom stereocenters. The van der Waals surface area contributed by atoms with Crippen LogP contribution >= 0.6 is 15.9 Å². The third-order valence-electron chi connectivity index (χ3n) is 4.02. The number of hydrogen-bond acceptors (Lipinski definition) is 5. The number of rotatable bonds is 3. The Morgan fingerprint density at radius 1 is 1.14 bits per heavy atom. The van der Waals surface area contributed by atoms with Gasteiger partial charge in [0.2, 0.25) is 0 Å². The molecule has 0 aliphatic carbocycles. The first kappa shape index (κ1) is 20.1. The third kappa shape index (κ3) is 3.94. The van der Waals surface area contributed by atoms with Gasteiger partial charge in [0.1, 0.15) is 5.60 Å². The summed E-state index contributed by atoms with van der Waals surface area (Å²) in [6, 6.07) is 12.5. The van der Waals surface area contributed by atoms with E-state index in [0.29, 0.717) is 33.3 Å². The van der Waals surface area contributed by atoms with Crippen molar-refractivity contribution < 1.29 is 19.1 Å². The van der Waals surface area contributed by atoms with Crippen LogP contribution in [0.4, 0.5) is 4.79 Å². The number of esters is 1. The molecule has 0 aliphatic heterocycles. The molecule has 0 bridgehead atoms. The number of halogens is 1. The molecule has 1 aromatic heterocycles. The van der Waals surface area contributed by atoms with E-state index in [-0.39, 0.29) is 0 Å². The highest BCUT2D eigenvalue weighted by Crippen LogP contribution is 2.30. The Kier molecular flexibility index (Phi) is 5.56. The second-order valence-electron chi connectivity index (χ2n) is 7.25. The lowest BCUT2D eigenvalue weighted by Gasteiger charge is -2.20. The molecule has 7 heteroatoms. The van der Waals surface area contributed by atoms with E-state index < -0.39 is 17.7 Å². The van der Waals surface area contributed by atoms with Gasteiger partial charge >= 0.3 is 12.1 Å². The van der Waals surface area contributed by atoms with Crippen LogP contribution in [0, 0.1) is 0 Å². The summed E-state index contributed by atoms with van der Waals surface area (Å²) in [5, 5.41) is 0.663. The summed E-state index contributed by atoms with van der Waals surface area (Å²) in [7, 11) is 1.32. The van der Waals surface area contributed by atoms with E-state index in [2.05, 4.69) is 20.9 Å². The summed E-state index contributed by atoms with van der Waals surface area (Å²) in [6.45, 7) is 5.40. The molecule has 3 aromatic rings. The van der Waals surface area contributed by atoms with Gasteiger partial charge in [-0.3, -0.25) is 0 Å². The van der Waals surface area contributed by atoms with Gasteiger partial charge in [0, 0.05) is 10.9 Å². The third-order valence-corrected chi connectivity index (χ3v) is 4.67. The van der Waals surface area contributed by atoms with Crippen molar-refractivity contribution in [3.05, 3.63) is 53.6 Å². The van der Waals surface area contributed by atoms with E-state index in [1.807, 2.05) is 18.2 Å². The Balaban J connectivity index is 2.29. The van der Waals surface area contributed by atoms with Crippen LogP contribution in [0.3, 0.4) is 0 Å². The van der Waals surface area contributed by atoms with Gasteiger partial charge in [0.15, 0.2) is 5.82 Å². The molecule has 0 fully saturated rings. The Hall–Kier alpha value is -2.67. The first-order valence-electron chi connectivity index (χ1n) is 8.73. The number of fused-ring (bicyclic) bond motifs is 1. The molecule has 0 aliphatic rings. The van der Waals surface area contributed by atoms with Gasteiger partial charge in [-0.25, -0.2) is 19.1 Å². The molecule has 0 N–H and O–H groups in total. The zero-order valence-corrected chi connectivity index (χ0v) is 17.7. The fraction of sp³-hybridized carbons (Fsp3) is 0.286. The van der Waals surface area contributed by atoms with Gasteiger partial charge in [-0.15, -0.1) is 0 Å². The number of imidazole rings is 1. The van der Waals surface area contributed by atoms with Crippen molar-refractivity contribution in [1.82, 2.24) is 9.55 Å². The largest absolute Gasteiger partial charge is 0.465 e. The van der Waals surface area contributed by atoms with E-state index in [4.69, 9.17) is 9.47 Å². The molecule has 6 nitrogen and oxygen atoms in total. The number of aromatic nitrogens is 2. The predicted molar refractivity (Wildman–Crippen MR) is 111 cm³/mol. The standard InChI is InChI=1S/C21H21BrN2O4/c1-21(2,3)28-20(26)24-17-10-9-13(12-22)11-16(17)23-18(24)14-7-5-6-8-15(14)19(25)27-4/h5-11H,12H2,1-4H3. The maximum Gasteiger partial charge on any atom is 0.420 e. The molecule has 1 heterocycles. The van der Waals surface area contributed by atoms with Crippen LogP contribution in [0.5, 0.6) is 0 Å². The van der Waals surface area contributed by atoms with Crippen LogP contribution in [0.2, 0.25) is 0 Å². The molecular weight excluding hydrogens is 424 g/mol. The van der Waals surface area contributed by atoms with Gasteiger partial charge in [-0.2, -0.15) is 0 Å². The lowest BCUT2D eigenvalue weighted by Crippen LogP contribution is -2.27. The second-order valence-corrected chi connectivity index (χ2v) is 7.81. The zero-order chi connectivity index (χ0) is 20.5. The van der Waals surface area contributed by atoms with Crippen molar-refractivity contribution >= 4 is 39.0 Å². The Bertz CT molecular complexity index is 1050. The molecule has 0 saturated heterocycles. The number of nitrogens with zero attached hydrogens (tertiary/aromatic N) is 2. The summed E-state index contributed by atoms with van der Waals surface area (Å²) < 4.78 is 11.9. The van der Waals surface area contributed by atoms with Gasteiger partial charge in [0.05, 0.1) is 23.7 Å². The van der Waals surface area contributed by atoms with E-state index in [1.165, 1.54) is 11.7 Å². The minimum Gasteiger partial charge on any atom is -0.465 e.